The zero-order valence-electron chi connectivity index (χ0n) is 12.3. The zero-order valence-corrected chi connectivity index (χ0v) is 13.1. The summed E-state index contributed by atoms with van der Waals surface area (Å²) in [5, 5.41) is 12.7. The lowest BCUT2D eigenvalue weighted by Gasteiger charge is -2.19. The van der Waals surface area contributed by atoms with Crippen LogP contribution in [0.5, 0.6) is 0 Å². The highest BCUT2D eigenvalue weighted by molar-refractivity contribution is 5.85. The number of hydrogen-bond acceptors (Lipinski definition) is 3. The van der Waals surface area contributed by atoms with Crippen molar-refractivity contribution in [2.45, 2.75) is 39.3 Å². The maximum Gasteiger partial charge on any atom is 0.237 e. The maximum absolute atomic E-state index is 11.8. The fourth-order valence-electron chi connectivity index (χ4n) is 1.73. The van der Waals surface area contributed by atoms with E-state index >= 15 is 0 Å². The van der Waals surface area contributed by atoms with Crippen molar-refractivity contribution < 1.29 is 9.90 Å². The van der Waals surface area contributed by atoms with Gasteiger partial charge in [0, 0.05) is 6.54 Å². The molecular formula is C15H25ClN2O2. The molecule has 4 N–H and O–H groups in total. The number of aliphatic hydroxyl groups excluding tert-OH is 1. The van der Waals surface area contributed by atoms with Crippen LogP contribution in [0.4, 0.5) is 0 Å². The molecule has 0 spiro atoms. The van der Waals surface area contributed by atoms with Crippen LogP contribution in [0.25, 0.3) is 0 Å². The molecule has 0 fully saturated rings. The summed E-state index contributed by atoms with van der Waals surface area (Å²) < 4.78 is 0. The van der Waals surface area contributed by atoms with Gasteiger partial charge in [0.15, 0.2) is 0 Å². The number of benzene rings is 1. The molecule has 0 aliphatic heterocycles. The van der Waals surface area contributed by atoms with Gasteiger partial charge in [0.05, 0.1) is 12.1 Å². The molecule has 1 aromatic rings. The minimum atomic E-state index is -0.700. The van der Waals surface area contributed by atoms with Crippen LogP contribution in [0.2, 0.25) is 0 Å². The Bertz CT molecular complexity index is 409. The summed E-state index contributed by atoms with van der Waals surface area (Å²) in [6.45, 7) is 6.12. The predicted molar refractivity (Wildman–Crippen MR) is 83.8 cm³/mol. The van der Waals surface area contributed by atoms with E-state index in [2.05, 4.69) is 5.32 Å². The van der Waals surface area contributed by atoms with E-state index in [1.807, 2.05) is 45.0 Å². The van der Waals surface area contributed by atoms with Gasteiger partial charge in [-0.1, -0.05) is 50.1 Å². The second kappa shape index (κ2) is 8.95. The van der Waals surface area contributed by atoms with Crippen molar-refractivity contribution in [1.29, 1.82) is 0 Å². The number of nitrogens with two attached hydrogens (primary N) is 1. The molecule has 1 aromatic carbocycles. The first-order chi connectivity index (χ1) is 8.95. The number of nitrogens with one attached hydrogen (secondary N) is 1. The first-order valence-electron chi connectivity index (χ1n) is 6.73. The Balaban J connectivity index is 0.00000361. The van der Waals surface area contributed by atoms with Crippen molar-refractivity contribution in [3.63, 3.8) is 0 Å². The second-order valence-corrected chi connectivity index (χ2v) is 5.08. The van der Waals surface area contributed by atoms with E-state index in [0.717, 1.165) is 17.5 Å². The lowest BCUT2D eigenvalue weighted by molar-refractivity contribution is -0.123. The number of rotatable bonds is 6. The van der Waals surface area contributed by atoms with Crippen molar-refractivity contribution in [3.8, 4) is 0 Å². The van der Waals surface area contributed by atoms with Crippen LogP contribution in [-0.2, 0) is 4.79 Å². The molecule has 20 heavy (non-hydrogen) atoms. The summed E-state index contributed by atoms with van der Waals surface area (Å²) in [5.74, 6) is -0.0722. The Morgan fingerprint density at radius 1 is 1.35 bits per heavy atom. The third-order valence-electron chi connectivity index (χ3n) is 3.49. The largest absolute Gasteiger partial charge is 0.387 e. The van der Waals surface area contributed by atoms with E-state index in [4.69, 9.17) is 5.73 Å². The van der Waals surface area contributed by atoms with E-state index in [-0.39, 0.29) is 30.8 Å². The third-order valence-corrected chi connectivity index (χ3v) is 3.49. The number of hydrogen-bond donors (Lipinski definition) is 3. The zero-order chi connectivity index (χ0) is 14.4. The van der Waals surface area contributed by atoms with Gasteiger partial charge >= 0.3 is 0 Å². The van der Waals surface area contributed by atoms with E-state index in [9.17, 15) is 9.90 Å². The number of aryl methyl sites for hydroxylation is 1. The Kier molecular flexibility index (Phi) is 8.46. The van der Waals surface area contributed by atoms with Gasteiger partial charge < -0.3 is 16.2 Å². The van der Waals surface area contributed by atoms with Crippen LogP contribution in [0.3, 0.4) is 0 Å². The predicted octanol–water partition coefficient (Wildman–Crippen LogP) is 1.94. The Labute approximate surface area is 127 Å². The minimum absolute atomic E-state index is 0. The SMILES string of the molecule is CCC(C)C(N)C(=O)NCC(O)c1ccc(C)cc1.Cl. The quantitative estimate of drug-likeness (QED) is 0.751. The van der Waals surface area contributed by atoms with Gasteiger partial charge in [-0.05, 0) is 18.4 Å². The average Bonchev–Trinajstić information content (AvgIpc) is 2.43. The minimum Gasteiger partial charge on any atom is -0.387 e. The van der Waals surface area contributed by atoms with Gasteiger partial charge in [0.25, 0.3) is 0 Å². The summed E-state index contributed by atoms with van der Waals surface area (Å²) in [6, 6.07) is 7.08. The van der Waals surface area contributed by atoms with Gasteiger partial charge in [-0.25, -0.2) is 0 Å². The lowest BCUT2D eigenvalue weighted by Crippen LogP contribution is -2.45. The van der Waals surface area contributed by atoms with Crippen LogP contribution in [0.15, 0.2) is 24.3 Å². The fourth-order valence-corrected chi connectivity index (χ4v) is 1.73. The van der Waals surface area contributed by atoms with Gasteiger partial charge in [0.2, 0.25) is 5.91 Å². The molecule has 5 heteroatoms. The molecule has 3 atom stereocenters. The topological polar surface area (TPSA) is 75.4 Å². The molecule has 1 amide bonds. The molecule has 4 nitrogen and oxygen atoms in total. The Hall–Kier alpha value is -1.10. The number of carbonyl (C=O) groups is 1. The Morgan fingerprint density at radius 3 is 2.40 bits per heavy atom. The summed E-state index contributed by atoms with van der Waals surface area (Å²) in [5.41, 5.74) is 7.75. The highest BCUT2D eigenvalue weighted by Crippen LogP contribution is 2.13. The molecule has 0 heterocycles. The summed E-state index contributed by atoms with van der Waals surface area (Å²) in [7, 11) is 0. The van der Waals surface area contributed by atoms with Crippen molar-refractivity contribution >= 4 is 18.3 Å². The van der Waals surface area contributed by atoms with E-state index in [1.54, 1.807) is 0 Å². The van der Waals surface area contributed by atoms with E-state index < -0.39 is 12.1 Å². The van der Waals surface area contributed by atoms with Gasteiger partial charge in [0.1, 0.15) is 0 Å². The number of halogens is 1. The molecule has 0 saturated heterocycles. The standard InChI is InChI=1S/C15H24N2O2.ClH/c1-4-11(3)14(16)15(19)17-9-13(18)12-7-5-10(2)6-8-12;/h5-8,11,13-14,18H,4,9,16H2,1-3H3,(H,17,19);1H. The van der Waals surface area contributed by atoms with Crippen LogP contribution >= 0.6 is 12.4 Å². The number of carbonyl (C=O) groups excluding carboxylic acids is 1. The smallest absolute Gasteiger partial charge is 0.237 e. The summed E-state index contributed by atoms with van der Waals surface area (Å²) in [6.07, 6.45) is 0.156. The molecule has 1 rings (SSSR count). The maximum atomic E-state index is 11.8. The lowest BCUT2D eigenvalue weighted by atomic mass is 9.99. The second-order valence-electron chi connectivity index (χ2n) is 5.08. The molecule has 114 valence electrons. The normalized spacial score (nSPS) is 14.8. The molecule has 0 radical (unpaired) electrons. The molecule has 0 aromatic heterocycles. The first-order valence-corrected chi connectivity index (χ1v) is 6.73. The number of aliphatic hydroxyl groups is 1. The molecular weight excluding hydrogens is 276 g/mol. The fraction of sp³-hybridized carbons (Fsp3) is 0.533. The van der Waals surface area contributed by atoms with E-state index in [1.165, 1.54) is 0 Å². The Morgan fingerprint density at radius 2 is 1.90 bits per heavy atom. The third kappa shape index (κ3) is 5.49. The summed E-state index contributed by atoms with van der Waals surface area (Å²) >= 11 is 0. The van der Waals surface area contributed by atoms with Crippen LogP contribution in [0.1, 0.15) is 37.5 Å². The highest BCUT2D eigenvalue weighted by atomic mass is 35.5. The van der Waals surface area contributed by atoms with Crippen LogP contribution in [0, 0.1) is 12.8 Å². The van der Waals surface area contributed by atoms with Crippen molar-refractivity contribution in [3.05, 3.63) is 35.4 Å². The highest BCUT2D eigenvalue weighted by Gasteiger charge is 2.20. The van der Waals surface area contributed by atoms with Crippen molar-refractivity contribution in [2.24, 2.45) is 11.7 Å². The van der Waals surface area contributed by atoms with Crippen molar-refractivity contribution in [1.82, 2.24) is 5.32 Å². The summed E-state index contributed by atoms with van der Waals surface area (Å²) in [4.78, 5) is 11.8. The van der Waals surface area contributed by atoms with Crippen LogP contribution in [-0.4, -0.2) is 23.6 Å². The monoisotopic (exact) mass is 300 g/mol. The number of amides is 1. The molecule has 3 unspecified atom stereocenters. The van der Waals surface area contributed by atoms with Gasteiger partial charge in [-0.3, -0.25) is 4.79 Å². The molecule has 0 bridgehead atoms. The molecule has 0 aliphatic rings. The van der Waals surface area contributed by atoms with Crippen molar-refractivity contribution in [2.75, 3.05) is 6.54 Å². The molecule has 0 aliphatic carbocycles. The average molecular weight is 301 g/mol. The van der Waals surface area contributed by atoms with Gasteiger partial charge in [-0.2, -0.15) is 0 Å². The van der Waals surface area contributed by atoms with Gasteiger partial charge in [-0.15, -0.1) is 12.4 Å². The molecule has 0 saturated carbocycles. The first kappa shape index (κ1) is 18.9. The van der Waals surface area contributed by atoms with Crippen LogP contribution < -0.4 is 11.1 Å². The van der Waals surface area contributed by atoms with E-state index in [0.29, 0.717) is 0 Å².